The summed E-state index contributed by atoms with van der Waals surface area (Å²) in [6, 6.07) is 0. The Bertz CT molecular complexity index is 196. The molecule has 1 aliphatic rings. The maximum atomic E-state index is 11.4. The van der Waals surface area contributed by atoms with E-state index in [1.165, 1.54) is 12.8 Å². The van der Waals surface area contributed by atoms with Crippen molar-refractivity contribution in [2.24, 2.45) is 0 Å². The normalized spacial score (nSPS) is 20.9. The van der Waals surface area contributed by atoms with Crippen LogP contribution in [-0.2, 0) is 4.79 Å². The Morgan fingerprint density at radius 3 is 2.33 bits per heavy atom. The molecule has 1 saturated carbocycles. The molecule has 1 N–H and O–H groups in total. The van der Waals surface area contributed by atoms with Gasteiger partial charge in [0.2, 0.25) is 0 Å². The quantitative estimate of drug-likeness (QED) is 0.578. The second-order valence-electron chi connectivity index (χ2n) is 4.42. The van der Waals surface area contributed by atoms with E-state index < -0.39 is 10.7 Å². The highest BCUT2D eigenvalue weighted by atomic mass is 32.2. The van der Waals surface area contributed by atoms with E-state index in [4.69, 9.17) is 0 Å². The molecule has 0 aliphatic heterocycles. The first-order valence-corrected chi connectivity index (χ1v) is 7.07. The van der Waals surface area contributed by atoms with Gasteiger partial charge in [0, 0.05) is 0 Å². The third kappa shape index (κ3) is 3.71. The van der Waals surface area contributed by atoms with Crippen LogP contribution in [0.3, 0.4) is 0 Å². The zero-order valence-electron chi connectivity index (χ0n) is 9.63. The van der Waals surface area contributed by atoms with Gasteiger partial charge in [0.1, 0.15) is 4.75 Å². The highest BCUT2D eigenvalue weighted by Crippen LogP contribution is 2.39. The van der Waals surface area contributed by atoms with Gasteiger partial charge >= 0.3 is 5.97 Å². The summed E-state index contributed by atoms with van der Waals surface area (Å²) in [5, 5.41) is 9.39. The molecule has 0 aromatic heterocycles. The number of aliphatic carboxylic acids is 1. The Kier molecular flexibility index (Phi) is 5.51. The van der Waals surface area contributed by atoms with Crippen molar-refractivity contribution in [3.05, 3.63) is 0 Å². The van der Waals surface area contributed by atoms with Crippen molar-refractivity contribution in [2.75, 3.05) is 5.75 Å². The molecule has 0 radical (unpaired) electrons. The molecule has 0 bridgehead atoms. The van der Waals surface area contributed by atoms with Gasteiger partial charge in [0.05, 0.1) is 0 Å². The van der Waals surface area contributed by atoms with Crippen LogP contribution in [0.25, 0.3) is 0 Å². The fourth-order valence-corrected chi connectivity index (χ4v) is 3.66. The van der Waals surface area contributed by atoms with Gasteiger partial charge in [-0.15, -0.1) is 11.8 Å². The topological polar surface area (TPSA) is 37.3 Å². The van der Waals surface area contributed by atoms with Crippen LogP contribution in [0, 0.1) is 0 Å². The van der Waals surface area contributed by atoms with E-state index in [0.29, 0.717) is 0 Å². The summed E-state index contributed by atoms with van der Waals surface area (Å²) >= 11 is 1.69. The summed E-state index contributed by atoms with van der Waals surface area (Å²) in [7, 11) is 0. The van der Waals surface area contributed by atoms with Crippen LogP contribution in [-0.4, -0.2) is 21.6 Å². The molecule has 1 fully saturated rings. The van der Waals surface area contributed by atoms with E-state index in [2.05, 4.69) is 6.92 Å². The lowest BCUT2D eigenvalue weighted by Gasteiger charge is -2.27. The predicted molar refractivity (Wildman–Crippen MR) is 65.4 cm³/mol. The van der Waals surface area contributed by atoms with Crippen LogP contribution in [0.15, 0.2) is 0 Å². The van der Waals surface area contributed by atoms with Gasteiger partial charge in [-0.25, -0.2) is 0 Å². The Morgan fingerprint density at radius 2 is 1.87 bits per heavy atom. The first-order valence-electron chi connectivity index (χ1n) is 6.08. The van der Waals surface area contributed by atoms with Crippen molar-refractivity contribution in [1.82, 2.24) is 0 Å². The zero-order valence-corrected chi connectivity index (χ0v) is 10.4. The van der Waals surface area contributed by atoms with Crippen molar-refractivity contribution < 1.29 is 9.90 Å². The van der Waals surface area contributed by atoms with E-state index in [1.54, 1.807) is 11.8 Å². The van der Waals surface area contributed by atoms with Crippen molar-refractivity contribution >= 4 is 17.7 Å². The van der Waals surface area contributed by atoms with Gasteiger partial charge in [-0.05, 0) is 25.0 Å². The molecule has 0 amide bonds. The summed E-state index contributed by atoms with van der Waals surface area (Å²) in [5.74, 6) is 0.425. The molecule has 0 unspecified atom stereocenters. The highest BCUT2D eigenvalue weighted by Gasteiger charge is 2.38. The molecular formula is C12H22O2S. The Hall–Kier alpha value is -0.180. The van der Waals surface area contributed by atoms with Crippen LogP contribution in [0.4, 0.5) is 0 Å². The molecule has 88 valence electrons. The standard InChI is InChI=1S/C12H22O2S/c1-2-3-10-15-12(11(13)14)8-6-4-5-7-9-12/h2-10H2,1H3,(H,13,14). The number of carboxylic acid groups (broad SMARTS) is 1. The summed E-state index contributed by atoms with van der Waals surface area (Å²) in [6.07, 6.45) is 8.64. The minimum atomic E-state index is -0.578. The smallest absolute Gasteiger partial charge is 0.319 e. The molecule has 3 heteroatoms. The highest BCUT2D eigenvalue weighted by molar-refractivity contribution is 8.01. The third-order valence-electron chi connectivity index (χ3n) is 3.18. The monoisotopic (exact) mass is 230 g/mol. The minimum Gasteiger partial charge on any atom is -0.480 e. The van der Waals surface area contributed by atoms with Crippen molar-refractivity contribution in [3.63, 3.8) is 0 Å². The van der Waals surface area contributed by atoms with Crippen LogP contribution in [0.5, 0.6) is 0 Å². The minimum absolute atomic E-state index is 0.453. The lowest BCUT2D eigenvalue weighted by molar-refractivity contribution is -0.140. The van der Waals surface area contributed by atoms with Gasteiger partial charge in [-0.1, -0.05) is 39.0 Å². The molecule has 0 aromatic carbocycles. The van der Waals surface area contributed by atoms with Gasteiger partial charge < -0.3 is 5.11 Å². The number of unbranched alkanes of at least 4 members (excludes halogenated alkanes) is 1. The number of carboxylic acids is 1. The molecular weight excluding hydrogens is 208 g/mol. The third-order valence-corrected chi connectivity index (χ3v) is 4.81. The fourth-order valence-electron chi connectivity index (χ4n) is 2.13. The van der Waals surface area contributed by atoms with E-state index in [1.807, 2.05) is 0 Å². The largest absolute Gasteiger partial charge is 0.480 e. The second kappa shape index (κ2) is 6.41. The summed E-state index contributed by atoms with van der Waals surface area (Å²) in [4.78, 5) is 11.4. The molecule has 0 saturated heterocycles. The number of hydrogen-bond donors (Lipinski definition) is 1. The van der Waals surface area contributed by atoms with E-state index in [0.717, 1.165) is 44.3 Å². The lowest BCUT2D eigenvalue weighted by Crippen LogP contribution is -2.34. The van der Waals surface area contributed by atoms with Crippen molar-refractivity contribution in [1.29, 1.82) is 0 Å². The number of hydrogen-bond acceptors (Lipinski definition) is 2. The molecule has 0 spiro atoms. The Labute approximate surface area is 96.8 Å². The van der Waals surface area contributed by atoms with E-state index in [-0.39, 0.29) is 0 Å². The predicted octanol–water partition coefficient (Wildman–Crippen LogP) is 3.70. The van der Waals surface area contributed by atoms with E-state index in [9.17, 15) is 9.90 Å². The fraction of sp³-hybridized carbons (Fsp3) is 0.917. The van der Waals surface area contributed by atoms with Crippen molar-refractivity contribution in [2.45, 2.75) is 63.0 Å². The Morgan fingerprint density at radius 1 is 1.27 bits per heavy atom. The van der Waals surface area contributed by atoms with Gasteiger partial charge in [0.15, 0.2) is 0 Å². The molecule has 1 rings (SSSR count). The molecule has 0 aromatic rings. The maximum absolute atomic E-state index is 11.4. The summed E-state index contributed by atoms with van der Waals surface area (Å²) in [5.41, 5.74) is 0. The molecule has 15 heavy (non-hydrogen) atoms. The number of thioether (sulfide) groups is 1. The van der Waals surface area contributed by atoms with Gasteiger partial charge in [0.25, 0.3) is 0 Å². The zero-order chi connectivity index (χ0) is 11.1. The lowest BCUT2D eigenvalue weighted by atomic mass is 9.99. The van der Waals surface area contributed by atoms with E-state index >= 15 is 0 Å². The molecule has 0 atom stereocenters. The van der Waals surface area contributed by atoms with Crippen LogP contribution in [0.2, 0.25) is 0 Å². The average Bonchev–Trinajstić information content (AvgIpc) is 2.45. The Balaban J connectivity index is 2.55. The number of rotatable bonds is 5. The second-order valence-corrected chi connectivity index (χ2v) is 5.89. The van der Waals surface area contributed by atoms with Gasteiger partial charge in [-0.3, -0.25) is 4.79 Å². The first kappa shape index (κ1) is 12.9. The average molecular weight is 230 g/mol. The maximum Gasteiger partial charge on any atom is 0.319 e. The van der Waals surface area contributed by atoms with Crippen molar-refractivity contribution in [3.8, 4) is 0 Å². The number of carbonyl (C=O) groups is 1. The van der Waals surface area contributed by atoms with Gasteiger partial charge in [-0.2, -0.15) is 0 Å². The first-order chi connectivity index (χ1) is 7.21. The van der Waals surface area contributed by atoms with Crippen LogP contribution in [0.1, 0.15) is 58.3 Å². The van der Waals surface area contributed by atoms with Crippen LogP contribution >= 0.6 is 11.8 Å². The van der Waals surface area contributed by atoms with Crippen LogP contribution < -0.4 is 0 Å². The molecule has 0 heterocycles. The summed E-state index contributed by atoms with van der Waals surface area (Å²) < 4.78 is -0.453. The SMILES string of the molecule is CCCCSC1(C(=O)O)CCCCCC1. The molecule has 1 aliphatic carbocycles. The summed E-state index contributed by atoms with van der Waals surface area (Å²) in [6.45, 7) is 2.15. The molecule has 2 nitrogen and oxygen atoms in total.